The molecule has 2 heterocycles. The summed E-state index contributed by atoms with van der Waals surface area (Å²) in [7, 11) is 0. The molecule has 2 aromatic rings. The lowest BCUT2D eigenvalue weighted by Gasteiger charge is -2.27. The number of halogens is 3. The zero-order valence-electron chi connectivity index (χ0n) is 11.3. The zero-order chi connectivity index (χ0) is 15.0. The van der Waals surface area contributed by atoms with Crippen LogP contribution < -0.4 is 11.1 Å². The van der Waals surface area contributed by atoms with Crippen LogP contribution in [-0.2, 0) is 6.18 Å². The highest BCUT2D eigenvalue weighted by Crippen LogP contribution is 2.30. The fraction of sp³-hybridized carbons (Fsp3) is 0.538. The maximum atomic E-state index is 12.7. The summed E-state index contributed by atoms with van der Waals surface area (Å²) in [6.45, 7) is 0. The maximum absolute atomic E-state index is 12.7. The van der Waals surface area contributed by atoms with Crippen LogP contribution in [0.4, 0.5) is 19.0 Å². The fourth-order valence-corrected chi connectivity index (χ4v) is 2.63. The fourth-order valence-electron chi connectivity index (χ4n) is 2.63. The Balaban J connectivity index is 1.86. The molecule has 5 nitrogen and oxygen atoms in total. The molecule has 2 aromatic heterocycles. The number of hydrogen-bond acceptors (Lipinski definition) is 4. The highest BCUT2D eigenvalue weighted by atomic mass is 19.4. The summed E-state index contributed by atoms with van der Waals surface area (Å²) in [5.41, 5.74) is 5.27. The third kappa shape index (κ3) is 2.94. The lowest BCUT2D eigenvalue weighted by molar-refractivity contribution is -0.141. The van der Waals surface area contributed by atoms with Crippen LogP contribution >= 0.6 is 0 Å². The molecule has 1 aliphatic carbocycles. The maximum Gasteiger partial charge on any atom is 0.435 e. The lowest BCUT2D eigenvalue weighted by Crippen LogP contribution is -2.33. The number of alkyl halides is 3. The van der Waals surface area contributed by atoms with Gasteiger partial charge in [-0.1, -0.05) is 0 Å². The number of fused-ring (bicyclic) bond motifs is 1. The first-order valence-corrected chi connectivity index (χ1v) is 6.87. The number of nitrogens with one attached hydrogen (secondary N) is 1. The van der Waals surface area contributed by atoms with Crippen LogP contribution in [0.2, 0.25) is 0 Å². The molecule has 21 heavy (non-hydrogen) atoms. The minimum absolute atomic E-state index is 0.188. The molecule has 8 heteroatoms. The van der Waals surface area contributed by atoms with Crippen molar-refractivity contribution in [3.63, 3.8) is 0 Å². The molecule has 0 atom stereocenters. The molecule has 1 fully saturated rings. The third-order valence-corrected chi connectivity index (χ3v) is 3.79. The van der Waals surface area contributed by atoms with Crippen molar-refractivity contribution in [1.82, 2.24) is 14.6 Å². The summed E-state index contributed by atoms with van der Waals surface area (Å²) in [5.74, 6) is 0.431. The van der Waals surface area contributed by atoms with Crippen molar-refractivity contribution < 1.29 is 13.2 Å². The van der Waals surface area contributed by atoms with Crippen LogP contribution in [0, 0.1) is 0 Å². The van der Waals surface area contributed by atoms with Gasteiger partial charge < -0.3 is 11.1 Å². The molecule has 3 rings (SSSR count). The molecule has 0 amide bonds. The van der Waals surface area contributed by atoms with Gasteiger partial charge in [-0.2, -0.15) is 18.3 Å². The summed E-state index contributed by atoms with van der Waals surface area (Å²) in [6.07, 6.45) is 2.00. The number of nitrogens with zero attached hydrogens (tertiary/aromatic N) is 3. The molecule has 1 saturated carbocycles. The first-order chi connectivity index (χ1) is 9.93. The number of aromatic nitrogens is 3. The van der Waals surface area contributed by atoms with Gasteiger partial charge in [0.15, 0.2) is 11.5 Å². The number of hydrogen-bond donors (Lipinski definition) is 2. The number of rotatable bonds is 2. The average Bonchev–Trinajstić information content (AvgIpc) is 2.86. The van der Waals surface area contributed by atoms with E-state index in [1.807, 2.05) is 0 Å². The zero-order valence-corrected chi connectivity index (χ0v) is 11.3. The molecule has 0 unspecified atom stereocenters. The molecule has 1 aliphatic rings. The van der Waals surface area contributed by atoms with Gasteiger partial charge in [-0.25, -0.2) is 9.50 Å². The average molecular weight is 299 g/mol. The Morgan fingerprint density at radius 3 is 2.62 bits per heavy atom. The molecule has 0 radical (unpaired) electrons. The van der Waals surface area contributed by atoms with Crippen LogP contribution in [0.1, 0.15) is 31.4 Å². The molecule has 0 spiro atoms. The summed E-state index contributed by atoms with van der Waals surface area (Å²) in [6, 6.07) is 1.43. The first-order valence-electron chi connectivity index (χ1n) is 6.87. The van der Waals surface area contributed by atoms with Crippen LogP contribution in [0.15, 0.2) is 18.5 Å². The van der Waals surface area contributed by atoms with E-state index in [2.05, 4.69) is 15.4 Å². The smallest absolute Gasteiger partial charge is 0.366 e. The van der Waals surface area contributed by atoms with Gasteiger partial charge >= 0.3 is 6.18 Å². The van der Waals surface area contributed by atoms with Crippen molar-refractivity contribution in [1.29, 1.82) is 0 Å². The topological polar surface area (TPSA) is 68.2 Å². The highest BCUT2D eigenvalue weighted by molar-refractivity contribution is 5.68. The normalized spacial score (nSPS) is 23.4. The summed E-state index contributed by atoms with van der Waals surface area (Å²) in [5, 5.41) is 6.76. The van der Waals surface area contributed by atoms with E-state index in [1.54, 1.807) is 0 Å². The molecule has 0 bridgehead atoms. The Kier molecular flexibility index (Phi) is 3.48. The lowest BCUT2D eigenvalue weighted by atomic mass is 9.92. The molecule has 3 N–H and O–H groups in total. The van der Waals surface area contributed by atoms with E-state index in [4.69, 9.17) is 5.73 Å². The predicted octanol–water partition coefficient (Wildman–Crippen LogP) is 2.43. The Morgan fingerprint density at radius 1 is 1.24 bits per heavy atom. The second-order valence-corrected chi connectivity index (χ2v) is 5.39. The quantitative estimate of drug-likeness (QED) is 0.893. The molecule has 0 aliphatic heterocycles. The van der Waals surface area contributed by atoms with Gasteiger partial charge in [0.05, 0.1) is 0 Å². The van der Waals surface area contributed by atoms with Crippen molar-refractivity contribution in [2.75, 3.05) is 5.32 Å². The first kappa shape index (κ1) is 14.1. The van der Waals surface area contributed by atoms with Crippen LogP contribution in [0.25, 0.3) is 5.52 Å². The largest absolute Gasteiger partial charge is 0.435 e. The number of nitrogens with two attached hydrogens (primary N) is 1. The summed E-state index contributed by atoms with van der Waals surface area (Å²) >= 11 is 0. The van der Waals surface area contributed by atoms with E-state index in [1.165, 1.54) is 16.9 Å². The van der Waals surface area contributed by atoms with Crippen molar-refractivity contribution in [2.45, 2.75) is 43.9 Å². The summed E-state index contributed by atoms with van der Waals surface area (Å²) < 4.78 is 39.4. The highest BCUT2D eigenvalue weighted by Gasteiger charge is 2.34. The van der Waals surface area contributed by atoms with Gasteiger partial charge in [-0.3, -0.25) is 0 Å². The minimum atomic E-state index is -4.46. The van der Waals surface area contributed by atoms with Gasteiger partial charge in [0.2, 0.25) is 0 Å². The third-order valence-electron chi connectivity index (χ3n) is 3.79. The SMILES string of the molecule is NC1CCC(Nc2nccn3nc(C(F)(F)F)cc23)CC1. The van der Waals surface area contributed by atoms with Crippen molar-refractivity contribution in [3.05, 3.63) is 24.2 Å². The number of anilines is 1. The van der Waals surface area contributed by atoms with E-state index < -0.39 is 11.9 Å². The van der Waals surface area contributed by atoms with Crippen LogP contribution in [0.5, 0.6) is 0 Å². The van der Waals surface area contributed by atoms with E-state index >= 15 is 0 Å². The second-order valence-electron chi connectivity index (χ2n) is 5.39. The van der Waals surface area contributed by atoms with Crippen molar-refractivity contribution in [3.8, 4) is 0 Å². The van der Waals surface area contributed by atoms with Crippen LogP contribution in [-0.4, -0.2) is 26.7 Å². The predicted molar refractivity (Wildman–Crippen MR) is 71.8 cm³/mol. The van der Waals surface area contributed by atoms with Gasteiger partial charge in [-0.15, -0.1) is 0 Å². The van der Waals surface area contributed by atoms with Gasteiger partial charge in [0, 0.05) is 30.5 Å². The van der Waals surface area contributed by atoms with E-state index in [-0.39, 0.29) is 12.1 Å². The van der Waals surface area contributed by atoms with E-state index in [9.17, 15) is 13.2 Å². The molecular weight excluding hydrogens is 283 g/mol. The Hall–Kier alpha value is -1.83. The molecule has 114 valence electrons. The second kappa shape index (κ2) is 5.18. The van der Waals surface area contributed by atoms with Crippen molar-refractivity contribution in [2.24, 2.45) is 5.73 Å². The van der Waals surface area contributed by atoms with Gasteiger partial charge in [-0.05, 0) is 25.7 Å². The van der Waals surface area contributed by atoms with E-state index in [0.29, 0.717) is 11.3 Å². The molecule has 0 aromatic carbocycles. The minimum Gasteiger partial charge on any atom is -0.366 e. The van der Waals surface area contributed by atoms with Crippen molar-refractivity contribution >= 4 is 11.3 Å². The molecular formula is C13H16F3N5. The Labute approximate surface area is 119 Å². The Morgan fingerprint density at radius 2 is 1.95 bits per heavy atom. The van der Waals surface area contributed by atoms with E-state index in [0.717, 1.165) is 31.7 Å². The Bertz CT molecular complexity index is 628. The standard InChI is InChI=1S/C13H16F3N5/c14-13(15,16)11-7-10-12(18-5-6-21(10)20-11)19-9-3-1-8(17)2-4-9/h5-9H,1-4,17H2,(H,18,19). The molecule has 0 saturated heterocycles. The van der Waals surface area contributed by atoms with Crippen LogP contribution in [0.3, 0.4) is 0 Å². The summed E-state index contributed by atoms with van der Waals surface area (Å²) in [4.78, 5) is 4.14. The monoisotopic (exact) mass is 299 g/mol. The van der Waals surface area contributed by atoms with Gasteiger partial charge in [0.25, 0.3) is 0 Å². The van der Waals surface area contributed by atoms with Gasteiger partial charge in [0.1, 0.15) is 5.52 Å².